The number of ether oxygens (including phenoxy) is 1. The van der Waals surface area contributed by atoms with E-state index < -0.39 is 18.2 Å². The first kappa shape index (κ1) is 61.0. The fourth-order valence-electron chi connectivity index (χ4n) is 7.78. The highest BCUT2D eigenvalue weighted by Gasteiger charge is 2.24. The summed E-state index contributed by atoms with van der Waals surface area (Å²) in [4.78, 5) is 26.2. The lowest BCUT2D eigenvalue weighted by molar-refractivity contribution is -0.151. The zero-order chi connectivity index (χ0) is 46.7. The number of amides is 1. The van der Waals surface area contributed by atoms with Crippen LogP contribution in [0.25, 0.3) is 0 Å². The van der Waals surface area contributed by atoms with Crippen LogP contribution < -0.4 is 5.32 Å². The second-order valence-electron chi connectivity index (χ2n) is 18.0. The third-order valence-corrected chi connectivity index (χ3v) is 11.8. The van der Waals surface area contributed by atoms with E-state index >= 15 is 0 Å². The molecule has 64 heavy (non-hydrogen) atoms. The first-order chi connectivity index (χ1) is 31.5. The third-order valence-electron chi connectivity index (χ3n) is 11.8. The molecular formula is C58H101NO5. The fraction of sp³-hybridized carbons (Fsp3) is 0.724. The number of allylic oxidation sites excluding steroid dienone is 14. The average Bonchev–Trinajstić information content (AvgIpc) is 3.29. The van der Waals surface area contributed by atoms with Crippen molar-refractivity contribution in [2.75, 3.05) is 6.61 Å². The van der Waals surface area contributed by atoms with Crippen LogP contribution in [0.15, 0.2) is 85.1 Å². The number of hydrogen-bond acceptors (Lipinski definition) is 5. The topological polar surface area (TPSA) is 95.9 Å². The molecule has 0 fully saturated rings. The molecule has 0 heterocycles. The van der Waals surface area contributed by atoms with Gasteiger partial charge in [-0.2, -0.15) is 0 Å². The molecule has 0 aliphatic rings. The Balaban J connectivity index is 4.64. The molecule has 6 nitrogen and oxygen atoms in total. The standard InChI is InChI=1S/C58H101NO5/c1-4-7-10-13-16-19-22-25-27-28-30-33-36-39-42-45-48-51-58(63)64-54(49-46-43-40-37-34-31-24-21-18-15-12-9-6-3)52-57(62)59-55(53-60)56(61)50-47-44-41-38-35-32-29-26-23-20-17-14-11-8-5-2/h9,12,15-16,18-19,21,24-25,27,31,34,37,40,54-56,60-61H,4-8,10-11,13-14,17,20,22-23,26,28-30,32-33,35-36,38-39,41-53H2,1-3H3,(H,59,62)/b12-9+,18-15+,19-16-,24-21-,27-25-,34-31-,40-37+. The van der Waals surface area contributed by atoms with Gasteiger partial charge in [-0.05, 0) is 70.6 Å². The predicted octanol–water partition coefficient (Wildman–Crippen LogP) is 16.3. The second-order valence-corrected chi connectivity index (χ2v) is 18.0. The molecule has 3 atom stereocenters. The molecule has 0 saturated carbocycles. The molecule has 0 bridgehead atoms. The van der Waals surface area contributed by atoms with Gasteiger partial charge < -0.3 is 20.3 Å². The molecule has 0 aliphatic carbocycles. The molecule has 3 N–H and O–H groups in total. The number of carbonyl (C=O) groups excluding carboxylic acids is 2. The van der Waals surface area contributed by atoms with Crippen molar-refractivity contribution in [1.29, 1.82) is 0 Å². The van der Waals surface area contributed by atoms with Crippen molar-refractivity contribution in [2.24, 2.45) is 0 Å². The van der Waals surface area contributed by atoms with Crippen molar-refractivity contribution in [3.8, 4) is 0 Å². The Morgan fingerprint density at radius 3 is 1.45 bits per heavy atom. The maximum Gasteiger partial charge on any atom is 0.306 e. The van der Waals surface area contributed by atoms with Gasteiger partial charge in [-0.15, -0.1) is 0 Å². The van der Waals surface area contributed by atoms with Gasteiger partial charge in [0.1, 0.15) is 6.10 Å². The Hall–Kier alpha value is -2.96. The van der Waals surface area contributed by atoms with Crippen LogP contribution in [0.4, 0.5) is 0 Å². The van der Waals surface area contributed by atoms with Gasteiger partial charge in [0.05, 0.1) is 25.2 Å². The summed E-state index contributed by atoms with van der Waals surface area (Å²) in [6.07, 6.45) is 66.5. The van der Waals surface area contributed by atoms with Gasteiger partial charge >= 0.3 is 5.97 Å². The van der Waals surface area contributed by atoms with Crippen LogP contribution in [0.5, 0.6) is 0 Å². The normalized spacial score (nSPS) is 13.9. The van der Waals surface area contributed by atoms with Gasteiger partial charge in [-0.25, -0.2) is 0 Å². The minimum absolute atomic E-state index is 0.0221. The van der Waals surface area contributed by atoms with E-state index in [0.29, 0.717) is 19.3 Å². The number of aliphatic hydroxyl groups excluding tert-OH is 2. The molecule has 0 rings (SSSR count). The van der Waals surface area contributed by atoms with Crippen molar-refractivity contribution in [3.63, 3.8) is 0 Å². The van der Waals surface area contributed by atoms with Crippen LogP contribution in [0.2, 0.25) is 0 Å². The first-order valence-electron chi connectivity index (χ1n) is 26.9. The number of hydrogen-bond donors (Lipinski definition) is 3. The maximum absolute atomic E-state index is 13.2. The van der Waals surface area contributed by atoms with Gasteiger partial charge in [0.25, 0.3) is 0 Å². The average molecular weight is 892 g/mol. The number of nitrogens with one attached hydrogen (secondary N) is 1. The van der Waals surface area contributed by atoms with Gasteiger partial charge in [0.15, 0.2) is 0 Å². The quantitative estimate of drug-likeness (QED) is 0.0245. The van der Waals surface area contributed by atoms with E-state index in [-0.39, 0.29) is 24.9 Å². The molecule has 1 amide bonds. The van der Waals surface area contributed by atoms with Crippen LogP contribution in [-0.4, -0.2) is 46.9 Å². The van der Waals surface area contributed by atoms with Crippen LogP contribution in [0.1, 0.15) is 245 Å². The molecular weight excluding hydrogens is 791 g/mol. The van der Waals surface area contributed by atoms with Gasteiger partial charge in [-0.3, -0.25) is 9.59 Å². The van der Waals surface area contributed by atoms with E-state index in [1.54, 1.807) is 0 Å². The summed E-state index contributed by atoms with van der Waals surface area (Å²) in [5.74, 6) is -0.557. The minimum Gasteiger partial charge on any atom is -0.462 e. The Morgan fingerprint density at radius 1 is 0.484 bits per heavy atom. The Morgan fingerprint density at radius 2 is 0.922 bits per heavy atom. The number of esters is 1. The van der Waals surface area contributed by atoms with Crippen LogP contribution in [-0.2, 0) is 14.3 Å². The molecule has 0 aromatic heterocycles. The van der Waals surface area contributed by atoms with Crippen LogP contribution in [0, 0.1) is 0 Å². The predicted molar refractivity (Wildman–Crippen MR) is 278 cm³/mol. The molecule has 0 radical (unpaired) electrons. The Labute approximate surface area is 395 Å². The second kappa shape index (κ2) is 51.0. The van der Waals surface area contributed by atoms with Crippen molar-refractivity contribution in [2.45, 2.75) is 264 Å². The van der Waals surface area contributed by atoms with Crippen LogP contribution >= 0.6 is 0 Å². The fourth-order valence-corrected chi connectivity index (χ4v) is 7.78. The zero-order valence-corrected chi connectivity index (χ0v) is 41.9. The third kappa shape index (κ3) is 45.6. The van der Waals surface area contributed by atoms with Crippen molar-refractivity contribution in [1.82, 2.24) is 5.32 Å². The number of rotatable bonds is 47. The molecule has 3 unspecified atom stereocenters. The number of carbonyl (C=O) groups is 2. The maximum atomic E-state index is 13.2. The lowest BCUT2D eigenvalue weighted by Gasteiger charge is -2.24. The van der Waals surface area contributed by atoms with Crippen molar-refractivity contribution < 1.29 is 24.5 Å². The van der Waals surface area contributed by atoms with E-state index in [1.165, 1.54) is 128 Å². The molecule has 6 heteroatoms. The highest BCUT2D eigenvalue weighted by Crippen LogP contribution is 2.17. The number of unbranched alkanes of at least 4 members (excludes halogenated alkanes) is 25. The zero-order valence-electron chi connectivity index (χ0n) is 41.9. The van der Waals surface area contributed by atoms with E-state index in [0.717, 1.165) is 70.6 Å². The number of aliphatic hydroxyl groups is 2. The summed E-state index contributed by atoms with van der Waals surface area (Å²) in [5, 5.41) is 23.8. The summed E-state index contributed by atoms with van der Waals surface area (Å²) in [6.45, 7) is 6.30. The highest BCUT2D eigenvalue weighted by molar-refractivity contribution is 5.77. The SMILES string of the molecule is CC/C=C/C=C/C=C\C=C/C=C/CCCC(CC(=O)NC(CO)C(O)CCCCCCCCCCCCCCCCC)OC(=O)CCCCCCCCC/C=C\C/C=C\CCCCC. The summed E-state index contributed by atoms with van der Waals surface area (Å²) in [5.41, 5.74) is 0. The minimum atomic E-state index is -0.812. The summed E-state index contributed by atoms with van der Waals surface area (Å²) >= 11 is 0. The van der Waals surface area contributed by atoms with E-state index in [9.17, 15) is 19.8 Å². The lowest BCUT2D eigenvalue weighted by atomic mass is 10.0. The molecule has 0 aromatic rings. The largest absolute Gasteiger partial charge is 0.462 e. The highest BCUT2D eigenvalue weighted by atomic mass is 16.5. The summed E-state index contributed by atoms with van der Waals surface area (Å²) < 4.78 is 5.90. The molecule has 0 aromatic carbocycles. The van der Waals surface area contributed by atoms with Gasteiger partial charge in [-0.1, -0.05) is 247 Å². The molecule has 368 valence electrons. The van der Waals surface area contributed by atoms with Crippen LogP contribution in [0.3, 0.4) is 0 Å². The Kier molecular flexibility index (Phi) is 48.7. The molecule has 0 saturated heterocycles. The van der Waals surface area contributed by atoms with E-state index in [2.05, 4.69) is 62.5 Å². The van der Waals surface area contributed by atoms with Crippen molar-refractivity contribution in [3.05, 3.63) is 85.1 Å². The van der Waals surface area contributed by atoms with Gasteiger partial charge in [0.2, 0.25) is 5.91 Å². The first-order valence-corrected chi connectivity index (χ1v) is 26.9. The molecule has 0 spiro atoms. The Bertz CT molecular complexity index is 1230. The monoisotopic (exact) mass is 892 g/mol. The molecule has 0 aliphatic heterocycles. The summed E-state index contributed by atoms with van der Waals surface area (Å²) in [7, 11) is 0. The summed E-state index contributed by atoms with van der Waals surface area (Å²) in [6, 6.07) is -0.730. The van der Waals surface area contributed by atoms with Crippen molar-refractivity contribution >= 4 is 11.9 Å². The van der Waals surface area contributed by atoms with E-state index in [4.69, 9.17) is 4.74 Å². The van der Waals surface area contributed by atoms with Gasteiger partial charge in [0, 0.05) is 6.42 Å². The smallest absolute Gasteiger partial charge is 0.306 e. The van der Waals surface area contributed by atoms with E-state index in [1.807, 2.05) is 48.6 Å². The lowest BCUT2D eigenvalue weighted by Crippen LogP contribution is -2.46.